The smallest absolute Gasteiger partial charge is 0.309 e. The van der Waals surface area contributed by atoms with E-state index in [1.54, 1.807) is 0 Å². The summed E-state index contributed by atoms with van der Waals surface area (Å²) >= 11 is 0. The van der Waals surface area contributed by atoms with Crippen LogP contribution in [0, 0.1) is 11.8 Å². The molecule has 2 aromatic carbocycles. The lowest BCUT2D eigenvalue weighted by molar-refractivity contribution is -0.150. The molecule has 3 rings (SSSR count). The Hall–Kier alpha value is -2.36. The number of methoxy groups -OCH3 is 2. The van der Waals surface area contributed by atoms with E-state index in [1.165, 1.54) is 30.6 Å². The molecule has 0 unspecified atom stereocenters. The summed E-state index contributed by atoms with van der Waals surface area (Å²) in [6, 6.07) is 12.3. The number of fused-ring (bicyclic) bond motifs is 3. The molecule has 0 amide bonds. The lowest BCUT2D eigenvalue weighted by atomic mass is 9.67. The zero-order valence-corrected chi connectivity index (χ0v) is 14.2. The first-order valence-corrected chi connectivity index (χ1v) is 8.22. The monoisotopic (exact) mass is 326 g/mol. The third-order valence-corrected chi connectivity index (χ3v) is 5.14. The molecule has 0 aliphatic heterocycles. The van der Waals surface area contributed by atoms with Crippen molar-refractivity contribution >= 4 is 22.7 Å². The standard InChI is InChI=1S/C20H22O4/c1-12-10-16-14-7-5-4-6-13(14)8-9-15(16)17(11-18(21)23-2)19(12)20(22)24-3/h4-9,12,17,19H,10-11H2,1-3H3/t12-,17+,19-/m0/s1. The Morgan fingerprint density at radius 2 is 1.83 bits per heavy atom. The maximum absolute atomic E-state index is 12.4. The Morgan fingerprint density at radius 3 is 2.54 bits per heavy atom. The highest BCUT2D eigenvalue weighted by atomic mass is 16.5. The number of ether oxygens (including phenoxy) is 2. The summed E-state index contributed by atoms with van der Waals surface area (Å²) in [5, 5.41) is 2.37. The summed E-state index contributed by atoms with van der Waals surface area (Å²) in [7, 11) is 2.78. The molecule has 0 spiro atoms. The quantitative estimate of drug-likeness (QED) is 0.811. The largest absolute Gasteiger partial charge is 0.469 e. The fraction of sp³-hybridized carbons (Fsp3) is 0.400. The molecule has 0 saturated heterocycles. The van der Waals surface area contributed by atoms with Gasteiger partial charge in [0.1, 0.15) is 0 Å². The second-order valence-corrected chi connectivity index (χ2v) is 6.47. The highest BCUT2D eigenvalue weighted by molar-refractivity contribution is 5.88. The Balaban J connectivity index is 2.15. The van der Waals surface area contributed by atoms with E-state index in [4.69, 9.17) is 9.47 Å². The van der Waals surface area contributed by atoms with Gasteiger partial charge in [-0.2, -0.15) is 0 Å². The number of carbonyl (C=O) groups excluding carboxylic acids is 2. The summed E-state index contributed by atoms with van der Waals surface area (Å²) in [5.74, 6) is -1.00. The number of hydrogen-bond acceptors (Lipinski definition) is 4. The highest BCUT2D eigenvalue weighted by Gasteiger charge is 2.41. The van der Waals surface area contributed by atoms with E-state index in [0.29, 0.717) is 0 Å². The normalized spacial score (nSPS) is 22.7. The van der Waals surface area contributed by atoms with Crippen molar-refractivity contribution in [2.45, 2.75) is 25.7 Å². The lowest BCUT2D eigenvalue weighted by Crippen LogP contribution is -2.36. The Labute approximate surface area is 141 Å². The summed E-state index contributed by atoms with van der Waals surface area (Å²) in [6.45, 7) is 2.05. The molecule has 0 radical (unpaired) electrons. The molecule has 4 heteroatoms. The fourth-order valence-electron chi connectivity index (χ4n) is 4.00. The second-order valence-electron chi connectivity index (χ2n) is 6.47. The molecule has 0 aromatic heterocycles. The van der Waals surface area contributed by atoms with E-state index in [0.717, 1.165) is 12.0 Å². The average Bonchev–Trinajstić information content (AvgIpc) is 2.60. The number of hydrogen-bond donors (Lipinski definition) is 0. The molecule has 24 heavy (non-hydrogen) atoms. The number of rotatable bonds is 3. The first kappa shape index (κ1) is 16.5. The van der Waals surface area contributed by atoms with Gasteiger partial charge in [-0.25, -0.2) is 0 Å². The van der Waals surface area contributed by atoms with Crippen molar-refractivity contribution in [2.24, 2.45) is 11.8 Å². The molecule has 0 heterocycles. The summed E-state index contributed by atoms with van der Waals surface area (Å²) in [5.41, 5.74) is 2.29. The lowest BCUT2D eigenvalue weighted by Gasteiger charge is -2.36. The fourth-order valence-corrected chi connectivity index (χ4v) is 4.00. The van der Waals surface area contributed by atoms with Crippen LogP contribution in [0.3, 0.4) is 0 Å². The van der Waals surface area contributed by atoms with Gasteiger partial charge in [0.25, 0.3) is 0 Å². The zero-order valence-electron chi connectivity index (χ0n) is 14.2. The molecule has 1 aliphatic carbocycles. The number of benzene rings is 2. The van der Waals surface area contributed by atoms with Crippen LogP contribution in [0.4, 0.5) is 0 Å². The van der Waals surface area contributed by atoms with E-state index in [-0.39, 0.29) is 36.1 Å². The summed E-state index contributed by atoms with van der Waals surface area (Å²) < 4.78 is 9.88. The minimum absolute atomic E-state index is 0.102. The SMILES string of the molecule is COC(=O)C[C@@H]1c2ccc3ccccc3c2C[C@H](C)[C@@H]1C(=O)OC. The Kier molecular flexibility index (Phi) is 4.56. The molecule has 0 N–H and O–H groups in total. The van der Waals surface area contributed by atoms with Gasteiger partial charge in [0, 0.05) is 5.92 Å². The van der Waals surface area contributed by atoms with Crippen molar-refractivity contribution in [3.05, 3.63) is 47.5 Å². The molecule has 126 valence electrons. The minimum atomic E-state index is -0.331. The molecule has 1 aliphatic rings. The van der Waals surface area contributed by atoms with Crippen molar-refractivity contribution in [1.29, 1.82) is 0 Å². The summed E-state index contributed by atoms with van der Waals surface area (Å²) in [6.07, 6.45) is 0.986. The van der Waals surface area contributed by atoms with Crippen LogP contribution in [0.1, 0.15) is 30.4 Å². The van der Waals surface area contributed by atoms with Crippen molar-refractivity contribution in [2.75, 3.05) is 14.2 Å². The summed E-state index contributed by atoms with van der Waals surface area (Å²) in [4.78, 5) is 24.3. The third-order valence-electron chi connectivity index (χ3n) is 5.14. The van der Waals surface area contributed by atoms with E-state index in [9.17, 15) is 9.59 Å². The topological polar surface area (TPSA) is 52.6 Å². The van der Waals surface area contributed by atoms with Crippen LogP contribution >= 0.6 is 0 Å². The molecule has 0 saturated carbocycles. The van der Waals surface area contributed by atoms with Gasteiger partial charge < -0.3 is 9.47 Å². The van der Waals surface area contributed by atoms with E-state index in [2.05, 4.69) is 25.1 Å². The maximum Gasteiger partial charge on any atom is 0.309 e. The highest BCUT2D eigenvalue weighted by Crippen LogP contribution is 2.44. The van der Waals surface area contributed by atoms with E-state index >= 15 is 0 Å². The molecule has 0 bridgehead atoms. The molecular weight excluding hydrogens is 304 g/mol. The number of carbonyl (C=O) groups is 2. The van der Waals surface area contributed by atoms with Crippen LogP contribution in [0.15, 0.2) is 36.4 Å². The van der Waals surface area contributed by atoms with E-state index in [1.807, 2.05) is 18.2 Å². The van der Waals surface area contributed by atoms with Gasteiger partial charge in [0.2, 0.25) is 0 Å². The van der Waals surface area contributed by atoms with Crippen LogP contribution in [0.25, 0.3) is 10.8 Å². The Morgan fingerprint density at radius 1 is 1.08 bits per heavy atom. The van der Waals surface area contributed by atoms with E-state index < -0.39 is 0 Å². The first-order chi connectivity index (χ1) is 11.6. The van der Waals surface area contributed by atoms with Gasteiger partial charge in [0.05, 0.1) is 26.6 Å². The molecule has 4 nitrogen and oxygen atoms in total. The number of esters is 2. The van der Waals surface area contributed by atoms with Crippen molar-refractivity contribution in [3.8, 4) is 0 Å². The zero-order chi connectivity index (χ0) is 17.3. The minimum Gasteiger partial charge on any atom is -0.469 e. The van der Waals surface area contributed by atoms with Gasteiger partial charge in [-0.3, -0.25) is 9.59 Å². The predicted molar refractivity (Wildman–Crippen MR) is 91.7 cm³/mol. The van der Waals surface area contributed by atoms with Crippen LogP contribution in [-0.2, 0) is 25.5 Å². The van der Waals surface area contributed by atoms with Gasteiger partial charge in [-0.15, -0.1) is 0 Å². The maximum atomic E-state index is 12.4. The van der Waals surface area contributed by atoms with Gasteiger partial charge >= 0.3 is 11.9 Å². The van der Waals surface area contributed by atoms with Gasteiger partial charge in [-0.05, 0) is 34.2 Å². The van der Waals surface area contributed by atoms with Gasteiger partial charge in [0.15, 0.2) is 0 Å². The third kappa shape index (κ3) is 2.77. The van der Waals surface area contributed by atoms with Crippen LogP contribution in [-0.4, -0.2) is 26.2 Å². The molecule has 3 atom stereocenters. The predicted octanol–water partition coefficient (Wildman–Crippen LogP) is 3.47. The molecule has 2 aromatic rings. The van der Waals surface area contributed by atoms with Crippen LogP contribution in [0.2, 0.25) is 0 Å². The van der Waals surface area contributed by atoms with Crippen LogP contribution < -0.4 is 0 Å². The second kappa shape index (κ2) is 6.63. The van der Waals surface area contributed by atoms with Gasteiger partial charge in [-0.1, -0.05) is 43.3 Å². The average molecular weight is 326 g/mol. The Bertz CT molecular complexity index is 780. The first-order valence-electron chi connectivity index (χ1n) is 8.22. The van der Waals surface area contributed by atoms with Crippen molar-refractivity contribution < 1.29 is 19.1 Å². The van der Waals surface area contributed by atoms with Crippen LogP contribution in [0.5, 0.6) is 0 Å². The molecule has 0 fully saturated rings. The van der Waals surface area contributed by atoms with Crippen molar-refractivity contribution in [3.63, 3.8) is 0 Å². The molecular formula is C20H22O4. The van der Waals surface area contributed by atoms with Crippen molar-refractivity contribution in [1.82, 2.24) is 0 Å².